The van der Waals surface area contributed by atoms with Crippen LogP contribution in [-0.2, 0) is 23.5 Å². The van der Waals surface area contributed by atoms with Crippen LogP contribution in [0.3, 0.4) is 0 Å². The van der Waals surface area contributed by atoms with Crippen molar-refractivity contribution in [2.75, 3.05) is 6.54 Å². The molecule has 114 valence electrons. The Morgan fingerprint density at radius 2 is 2.19 bits per heavy atom. The maximum Gasteiger partial charge on any atom is 0.238 e. The Morgan fingerprint density at radius 1 is 1.43 bits per heavy atom. The molecular formula is C13H19N5O2S. The number of hydrogen-bond acceptors (Lipinski definition) is 5. The Hall–Kier alpha value is -1.77. The number of nitrogens with zero attached hydrogens (tertiary/aromatic N) is 3. The van der Waals surface area contributed by atoms with Crippen molar-refractivity contribution >= 4 is 10.0 Å². The van der Waals surface area contributed by atoms with E-state index in [4.69, 9.17) is 5.14 Å². The lowest BCUT2D eigenvalue weighted by Crippen LogP contribution is -2.22. The van der Waals surface area contributed by atoms with Crippen LogP contribution in [0.4, 0.5) is 0 Å². The Labute approximate surface area is 124 Å². The third-order valence-electron chi connectivity index (χ3n) is 3.13. The van der Waals surface area contributed by atoms with Gasteiger partial charge >= 0.3 is 0 Å². The van der Waals surface area contributed by atoms with Gasteiger partial charge in [-0.2, -0.15) is 5.10 Å². The van der Waals surface area contributed by atoms with Crippen molar-refractivity contribution in [1.82, 2.24) is 20.1 Å². The van der Waals surface area contributed by atoms with Gasteiger partial charge in [0.1, 0.15) is 6.33 Å². The summed E-state index contributed by atoms with van der Waals surface area (Å²) in [5.41, 5.74) is 0.871. The lowest BCUT2D eigenvalue weighted by Gasteiger charge is -2.14. The lowest BCUT2D eigenvalue weighted by atomic mass is 10.1. The van der Waals surface area contributed by atoms with E-state index in [0.29, 0.717) is 13.0 Å². The van der Waals surface area contributed by atoms with Crippen molar-refractivity contribution < 1.29 is 8.42 Å². The molecule has 0 aliphatic carbocycles. The van der Waals surface area contributed by atoms with E-state index >= 15 is 0 Å². The maximum atomic E-state index is 11.3. The van der Waals surface area contributed by atoms with Gasteiger partial charge in [0.05, 0.1) is 4.90 Å². The topological polar surface area (TPSA) is 103 Å². The van der Waals surface area contributed by atoms with Crippen LogP contribution in [0.25, 0.3) is 0 Å². The second-order valence-electron chi connectivity index (χ2n) is 4.88. The molecule has 0 saturated heterocycles. The van der Waals surface area contributed by atoms with E-state index in [1.165, 1.54) is 6.07 Å². The van der Waals surface area contributed by atoms with Gasteiger partial charge in [0.2, 0.25) is 10.0 Å². The molecule has 0 spiro atoms. The number of sulfonamides is 1. The summed E-state index contributed by atoms with van der Waals surface area (Å²) in [6.45, 7) is 2.67. The summed E-state index contributed by atoms with van der Waals surface area (Å²) in [6, 6.07) is 6.64. The molecule has 0 aliphatic heterocycles. The van der Waals surface area contributed by atoms with E-state index in [0.717, 1.165) is 11.4 Å². The first-order valence-electron chi connectivity index (χ1n) is 6.57. The molecule has 1 atom stereocenters. The van der Waals surface area contributed by atoms with Crippen LogP contribution in [0.2, 0.25) is 0 Å². The van der Waals surface area contributed by atoms with E-state index in [9.17, 15) is 8.42 Å². The van der Waals surface area contributed by atoms with Crippen molar-refractivity contribution in [2.45, 2.75) is 24.3 Å². The SMILES string of the molecule is CC(NCCc1ncn(C)n1)c1cccc(S(N)(=O)=O)c1. The number of nitrogens with one attached hydrogen (secondary N) is 1. The molecule has 0 aliphatic rings. The molecule has 8 heteroatoms. The predicted octanol–water partition coefficient (Wildman–Crippen LogP) is 0.356. The largest absolute Gasteiger partial charge is 0.310 e. The van der Waals surface area contributed by atoms with Gasteiger partial charge in [-0.3, -0.25) is 4.68 Å². The highest BCUT2D eigenvalue weighted by atomic mass is 32.2. The summed E-state index contributed by atoms with van der Waals surface area (Å²) >= 11 is 0. The Bertz CT molecular complexity index is 711. The fraction of sp³-hybridized carbons (Fsp3) is 0.385. The summed E-state index contributed by atoms with van der Waals surface area (Å²) in [5, 5.41) is 12.6. The third kappa shape index (κ3) is 4.35. The highest BCUT2D eigenvalue weighted by Crippen LogP contribution is 2.16. The monoisotopic (exact) mass is 309 g/mol. The fourth-order valence-electron chi connectivity index (χ4n) is 1.98. The molecular weight excluding hydrogens is 290 g/mol. The molecule has 21 heavy (non-hydrogen) atoms. The number of primary sulfonamides is 1. The van der Waals surface area contributed by atoms with Gasteiger partial charge < -0.3 is 5.32 Å². The number of rotatable bonds is 6. The molecule has 2 aromatic rings. The van der Waals surface area contributed by atoms with E-state index in [1.54, 1.807) is 23.1 Å². The summed E-state index contributed by atoms with van der Waals surface area (Å²) in [5.74, 6) is 0.774. The molecule has 0 radical (unpaired) electrons. The second kappa shape index (κ2) is 6.33. The zero-order valence-electron chi connectivity index (χ0n) is 12.0. The smallest absolute Gasteiger partial charge is 0.238 e. The minimum Gasteiger partial charge on any atom is -0.310 e. The van der Waals surface area contributed by atoms with E-state index in [2.05, 4.69) is 15.4 Å². The van der Waals surface area contributed by atoms with Gasteiger partial charge in [0.15, 0.2) is 5.82 Å². The number of aryl methyl sites for hydroxylation is 1. The maximum absolute atomic E-state index is 11.3. The van der Waals surface area contributed by atoms with Crippen molar-refractivity contribution in [2.24, 2.45) is 12.2 Å². The van der Waals surface area contributed by atoms with Crippen molar-refractivity contribution in [3.8, 4) is 0 Å². The summed E-state index contributed by atoms with van der Waals surface area (Å²) < 4.78 is 24.4. The average Bonchev–Trinajstić information content (AvgIpc) is 2.83. The number of benzene rings is 1. The molecule has 0 saturated carbocycles. The first-order valence-corrected chi connectivity index (χ1v) is 8.11. The molecule has 1 unspecified atom stereocenters. The summed E-state index contributed by atoms with van der Waals surface area (Å²) in [6.07, 6.45) is 2.37. The number of hydrogen-bond donors (Lipinski definition) is 2. The lowest BCUT2D eigenvalue weighted by molar-refractivity contribution is 0.566. The quantitative estimate of drug-likeness (QED) is 0.802. The van der Waals surface area contributed by atoms with Crippen molar-refractivity contribution in [1.29, 1.82) is 0 Å². The van der Waals surface area contributed by atoms with E-state index < -0.39 is 10.0 Å². The Kier molecular flexibility index (Phi) is 4.71. The molecule has 3 N–H and O–H groups in total. The van der Waals surface area contributed by atoms with Crippen LogP contribution in [0, 0.1) is 0 Å². The Balaban J connectivity index is 1.95. The number of nitrogens with two attached hydrogens (primary N) is 1. The molecule has 0 bridgehead atoms. The van der Waals surface area contributed by atoms with Crippen LogP contribution in [0.1, 0.15) is 24.4 Å². The molecule has 2 rings (SSSR count). The first-order chi connectivity index (χ1) is 9.86. The molecule has 1 aromatic carbocycles. The minimum absolute atomic E-state index is 0.00964. The van der Waals surface area contributed by atoms with Crippen LogP contribution < -0.4 is 10.5 Å². The third-order valence-corrected chi connectivity index (χ3v) is 4.04. The Morgan fingerprint density at radius 3 is 2.81 bits per heavy atom. The van der Waals surface area contributed by atoms with Gasteiger partial charge in [-0.05, 0) is 24.6 Å². The molecule has 1 heterocycles. The average molecular weight is 309 g/mol. The van der Waals surface area contributed by atoms with Crippen molar-refractivity contribution in [3.63, 3.8) is 0 Å². The number of aromatic nitrogens is 3. The van der Waals surface area contributed by atoms with E-state index in [-0.39, 0.29) is 10.9 Å². The van der Waals surface area contributed by atoms with Crippen molar-refractivity contribution in [3.05, 3.63) is 42.0 Å². The van der Waals surface area contributed by atoms with Gasteiger partial charge in [-0.15, -0.1) is 0 Å². The van der Waals surface area contributed by atoms with Gasteiger partial charge in [-0.25, -0.2) is 18.5 Å². The zero-order chi connectivity index (χ0) is 15.5. The van der Waals surface area contributed by atoms with Gasteiger partial charge in [0.25, 0.3) is 0 Å². The van der Waals surface area contributed by atoms with E-state index in [1.807, 2.05) is 20.0 Å². The molecule has 7 nitrogen and oxygen atoms in total. The summed E-state index contributed by atoms with van der Waals surface area (Å²) in [7, 11) is -1.85. The standard InChI is InChI=1S/C13H19N5O2S/c1-10(15-7-6-13-16-9-18(2)17-13)11-4-3-5-12(8-11)21(14,19)20/h3-5,8-10,15H,6-7H2,1-2H3,(H2,14,19,20). The first kappa shape index (κ1) is 15.6. The van der Waals surface area contributed by atoms with Crippen LogP contribution in [0.15, 0.2) is 35.5 Å². The van der Waals surface area contributed by atoms with Gasteiger partial charge in [-0.1, -0.05) is 12.1 Å². The fourth-order valence-corrected chi connectivity index (χ4v) is 2.55. The highest BCUT2D eigenvalue weighted by molar-refractivity contribution is 7.89. The second-order valence-corrected chi connectivity index (χ2v) is 6.44. The molecule has 0 amide bonds. The van der Waals surface area contributed by atoms with Crippen LogP contribution in [-0.4, -0.2) is 29.7 Å². The molecule has 0 fully saturated rings. The predicted molar refractivity (Wildman–Crippen MR) is 78.9 cm³/mol. The zero-order valence-corrected chi connectivity index (χ0v) is 12.8. The van der Waals surface area contributed by atoms with Gasteiger partial charge in [0, 0.05) is 26.1 Å². The summed E-state index contributed by atoms with van der Waals surface area (Å²) in [4.78, 5) is 4.27. The normalized spacial score (nSPS) is 13.3. The van der Waals surface area contributed by atoms with Crippen LogP contribution >= 0.6 is 0 Å². The highest BCUT2D eigenvalue weighted by Gasteiger charge is 2.11. The molecule has 1 aromatic heterocycles. The van der Waals surface area contributed by atoms with Crippen LogP contribution in [0.5, 0.6) is 0 Å². The minimum atomic E-state index is -3.67.